The van der Waals surface area contributed by atoms with Gasteiger partial charge in [0.2, 0.25) is 0 Å². The molecule has 1 aromatic carbocycles. The van der Waals surface area contributed by atoms with Gasteiger partial charge in [-0.1, -0.05) is 19.1 Å². The molecule has 1 saturated carbocycles. The van der Waals surface area contributed by atoms with Crippen molar-refractivity contribution in [2.24, 2.45) is 5.92 Å². The summed E-state index contributed by atoms with van der Waals surface area (Å²) in [5, 5.41) is 3.69. The first kappa shape index (κ1) is 15.4. The van der Waals surface area contributed by atoms with Crippen molar-refractivity contribution in [3.8, 4) is 5.75 Å². The Morgan fingerprint density at radius 2 is 1.95 bits per heavy atom. The minimum atomic E-state index is 0.167. The van der Waals surface area contributed by atoms with Crippen molar-refractivity contribution in [2.75, 3.05) is 13.7 Å². The molecule has 1 N–H and O–H groups in total. The SMILES string of the molecule is COc1cc(C2(CNC(C)(C)C)CC(C)C2)ccc1C. The van der Waals surface area contributed by atoms with E-state index in [-0.39, 0.29) is 11.0 Å². The maximum absolute atomic E-state index is 5.50. The number of hydrogen-bond donors (Lipinski definition) is 1. The molecule has 1 fully saturated rings. The van der Waals surface area contributed by atoms with Crippen molar-refractivity contribution in [1.82, 2.24) is 5.32 Å². The van der Waals surface area contributed by atoms with E-state index in [1.165, 1.54) is 24.0 Å². The van der Waals surface area contributed by atoms with Crippen LogP contribution in [0.4, 0.5) is 0 Å². The molecule has 0 amide bonds. The number of nitrogens with one attached hydrogen (secondary N) is 1. The van der Waals surface area contributed by atoms with E-state index in [2.05, 4.69) is 58.1 Å². The largest absolute Gasteiger partial charge is 0.496 e. The van der Waals surface area contributed by atoms with Crippen molar-refractivity contribution in [3.05, 3.63) is 29.3 Å². The molecule has 0 spiro atoms. The van der Waals surface area contributed by atoms with Gasteiger partial charge in [0.05, 0.1) is 7.11 Å². The van der Waals surface area contributed by atoms with Crippen LogP contribution in [0.5, 0.6) is 5.75 Å². The molecule has 0 aliphatic heterocycles. The van der Waals surface area contributed by atoms with Gasteiger partial charge >= 0.3 is 0 Å². The van der Waals surface area contributed by atoms with Gasteiger partial charge < -0.3 is 10.1 Å². The quantitative estimate of drug-likeness (QED) is 0.894. The van der Waals surface area contributed by atoms with Gasteiger partial charge in [-0.3, -0.25) is 0 Å². The van der Waals surface area contributed by atoms with Crippen LogP contribution in [0.25, 0.3) is 0 Å². The van der Waals surface area contributed by atoms with Gasteiger partial charge in [0.15, 0.2) is 0 Å². The fraction of sp³-hybridized carbons (Fsp3) is 0.667. The fourth-order valence-electron chi connectivity index (χ4n) is 3.34. The van der Waals surface area contributed by atoms with Gasteiger partial charge in [0.25, 0.3) is 0 Å². The van der Waals surface area contributed by atoms with Crippen molar-refractivity contribution in [2.45, 2.75) is 58.4 Å². The second kappa shape index (κ2) is 5.40. The van der Waals surface area contributed by atoms with E-state index in [9.17, 15) is 0 Å². The molecule has 0 bridgehead atoms. The Labute approximate surface area is 123 Å². The standard InChI is InChI=1S/C18H29NO/c1-13-10-18(11-13,12-19-17(3,4)5)15-8-7-14(2)16(9-15)20-6/h7-9,13,19H,10-12H2,1-6H3. The maximum atomic E-state index is 5.50. The normalized spacial score (nSPS) is 26.2. The lowest BCUT2D eigenvalue weighted by atomic mass is 9.59. The zero-order chi connectivity index (χ0) is 15.0. The molecule has 0 atom stereocenters. The molecule has 0 aromatic heterocycles. The van der Waals surface area contributed by atoms with Crippen LogP contribution in [0.15, 0.2) is 18.2 Å². The highest BCUT2D eigenvalue weighted by Gasteiger charge is 2.43. The van der Waals surface area contributed by atoms with Crippen molar-refractivity contribution < 1.29 is 4.74 Å². The van der Waals surface area contributed by atoms with Crippen LogP contribution < -0.4 is 10.1 Å². The summed E-state index contributed by atoms with van der Waals surface area (Å²) in [7, 11) is 1.76. The first-order valence-electron chi connectivity index (χ1n) is 7.66. The lowest BCUT2D eigenvalue weighted by Crippen LogP contribution is -2.52. The summed E-state index contributed by atoms with van der Waals surface area (Å²) in [5.74, 6) is 1.83. The molecular weight excluding hydrogens is 246 g/mol. The van der Waals surface area contributed by atoms with Gasteiger partial charge in [-0.2, -0.15) is 0 Å². The third-order valence-corrected chi connectivity index (χ3v) is 4.46. The van der Waals surface area contributed by atoms with E-state index in [0.29, 0.717) is 0 Å². The molecule has 0 radical (unpaired) electrons. The zero-order valence-corrected chi connectivity index (χ0v) is 13.8. The highest BCUT2D eigenvalue weighted by Crippen LogP contribution is 2.48. The molecule has 2 heteroatoms. The van der Waals surface area contributed by atoms with Crippen LogP contribution in [-0.4, -0.2) is 19.2 Å². The Morgan fingerprint density at radius 3 is 2.45 bits per heavy atom. The molecular formula is C18H29NO. The van der Waals surface area contributed by atoms with Crippen LogP contribution in [0.1, 0.15) is 51.7 Å². The number of methoxy groups -OCH3 is 1. The number of hydrogen-bond acceptors (Lipinski definition) is 2. The van der Waals surface area contributed by atoms with E-state index in [1.54, 1.807) is 7.11 Å². The molecule has 1 aliphatic carbocycles. The summed E-state index contributed by atoms with van der Waals surface area (Å²) in [6.45, 7) is 12.2. The first-order chi connectivity index (χ1) is 9.26. The third-order valence-electron chi connectivity index (χ3n) is 4.46. The zero-order valence-electron chi connectivity index (χ0n) is 13.8. The molecule has 20 heavy (non-hydrogen) atoms. The van der Waals surface area contributed by atoms with E-state index < -0.39 is 0 Å². The van der Waals surface area contributed by atoms with Gasteiger partial charge in [-0.05, 0) is 63.6 Å². The van der Waals surface area contributed by atoms with E-state index in [1.807, 2.05) is 0 Å². The molecule has 2 nitrogen and oxygen atoms in total. The maximum Gasteiger partial charge on any atom is 0.122 e. The summed E-state index contributed by atoms with van der Waals surface area (Å²) in [6.07, 6.45) is 2.53. The van der Waals surface area contributed by atoms with E-state index in [4.69, 9.17) is 4.74 Å². The van der Waals surface area contributed by atoms with Crippen LogP contribution in [0.3, 0.4) is 0 Å². The van der Waals surface area contributed by atoms with Gasteiger partial charge in [0, 0.05) is 17.5 Å². The lowest BCUT2D eigenvalue weighted by Gasteiger charge is -2.48. The van der Waals surface area contributed by atoms with Gasteiger partial charge in [-0.25, -0.2) is 0 Å². The Kier molecular flexibility index (Phi) is 4.15. The molecule has 0 saturated heterocycles. The monoisotopic (exact) mass is 275 g/mol. The smallest absolute Gasteiger partial charge is 0.122 e. The third kappa shape index (κ3) is 3.17. The molecule has 112 valence electrons. The minimum absolute atomic E-state index is 0.167. The van der Waals surface area contributed by atoms with Gasteiger partial charge in [-0.15, -0.1) is 0 Å². The average molecular weight is 275 g/mol. The second-order valence-corrected chi connectivity index (χ2v) is 7.58. The first-order valence-corrected chi connectivity index (χ1v) is 7.66. The van der Waals surface area contributed by atoms with Crippen molar-refractivity contribution in [3.63, 3.8) is 0 Å². The van der Waals surface area contributed by atoms with Crippen LogP contribution in [-0.2, 0) is 5.41 Å². The Morgan fingerprint density at radius 1 is 1.30 bits per heavy atom. The fourth-order valence-corrected chi connectivity index (χ4v) is 3.34. The Hall–Kier alpha value is -1.02. The minimum Gasteiger partial charge on any atom is -0.496 e. The lowest BCUT2D eigenvalue weighted by molar-refractivity contribution is 0.141. The van der Waals surface area contributed by atoms with Crippen LogP contribution in [0.2, 0.25) is 0 Å². The van der Waals surface area contributed by atoms with Gasteiger partial charge in [0.1, 0.15) is 5.75 Å². The average Bonchev–Trinajstić information content (AvgIpc) is 2.33. The molecule has 0 heterocycles. The van der Waals surface area contributed by atoms with Crippen molar-refractivity contribution in [1.29, 1.82) is 0 Å². The summed E-state index contributed by atoms with van der Waals surface area (Å²) >= 11 is 0. The molecule has 1 aliphatic rings. The van der Waals surface area contributed by atoms with E-state index >= 15 is 0 Å². The summed E-state index contributed by atoms with van der Waals surface area (Å²) < 4.78 is 5.50. The Balaban J connectivity index is 2.24. The summed E-state index contributed by atoms with van der Waals surface area (Å²) in [6, 6.07) is 6.72. The van der Waals surface area contributed by atoms with Crippen LogP contribution in [0, 0.1) is 12.8 Å². The number of ether oxygens (including phenoxy) is 1. The molecule has 1 aromatic rings. The summed E-state index contributed by atoms with van der Waals surface area (Å²) in [5.41, 5.74) is 3.09. The second-order valence-electron chi connectivity index (χ2n) is 7.58. The Bertz CT molecular complexity index is 467. The summed E-state index contributed by atoms with van der Waals surface area (Å²) in [4.78, 5) is 0. The predicted octanol–water partition coefficient (Wildman–Crippen LogP) is 4.06. The highest BCUT2D eigenvalue weighted by atomic mass is 16.5. The highest BCUT2D eigenvalue weighted by molar-refractivity contribution is 5.41. The number of aryl methyl sites for hydroxylation is 1. The number of rotatable bonds is 4. The van der Waals surface area contributed by atoms with Crippen LogP contribution >= 0.6 is 0 Å². The topological polar surface area (TPSA) is 21.3 Å². The number of benzene rings is 1. The molecule has 0 unspecified atom stereocenters. The predicted molar refractivity (Wildman–Crippen MR) is 85.6 cm³/mol. The van der Waals surface area contributed by atoms with E-state index in [0.717, 1.165) is 18.2 Å². The van der Waals surface area contributed by atoms with Crippen molar-refractivity contribution >= 4 is 0 Å². The molecule has 2 rings (SSSR count).